The van der Waals surface area contributed by atoms with Gasteiger partial charge in [-0.25, -0.2) is 4.79 Å². The number of cyclic esters (lactones) is 1. The van der Waals surface area contributed by atoms with Gasteiger partial charge in [-0.15, -0.1) is 0 Å². The fraction of sp³-hybridized carbons (Fsp3) is 0.619. The summed E-state index contributed by atoms with van der Waals surface area (Å²) in [7, 11) is 0. The Hall–Kier alpha value is -2.04. The molecule has 6 rings (SSSR count). The zero-order valence-corrected chi connectivity index (χ0v) is 14.9. The van der Waals surface area contributed by atoms with Gasteiger partial charge in [0.05, 0.1) is 5.54 Å². The van der Waals surface area contributed by atoms with Gasteiger partial charge in [-0.3, -0.25) is 4.79 Å². The predicted octanol–water partition coefficient (Wildman–Crippen LogP) is 2.24. The second-order valence-corrected chi connectivity index (χ2v) is 9.07. The van der Waals surface area contributed by atoms with E-state index in [-0.39, 0.29) is 23.5 Å². The standard InChI is InChI=1S/C21H24N2O3/c24-19(15-7-21(8-15)11-26-20(25)22-21)23-9-16-17(10-23)18(16)14-5-4-12-2-1-3-13(12)6-14/h4-6,15-18H,1-3,7-11H2,(H,22,25)/t15?,16-,17+,18?,21?. The number of aryl methyl sites for hydroxylation is 2. The van der Waals surface area contributed by atoms with Crippen molar-refractivity contribution in [1.29, 1.82) is 0 Å². The maximum atomic E-state index is 12.8. The number of alkyl carbamates (subject to hydrolysis) is 1. The highest BCUT2D eigenvalue weighted by Gasteiger charge is 2.59. The molecule has 3 aliphatic carbocycles. The molecular weight excluding hydrogens is 328 g/mol. The van der Waals surface area contributed by atoms with Crippen LogP contribution in [-0.2, 0) is 22.4 Å². The van der Waals surface area contributed by atoms with Crippen LogP contribution in [0.15, 0.2) is 18.2 Å². The third kappa shape index (κ3) is 2.09. The van der Waals surface area contributed by atoms with Crippen molar-refractivity contribution >= 4 is 12.0 Å². The topological polar surface area (TPSA) is 58.6 Å². The van der Waals surface area contributed by atoms with Crippen LogP contribution in [-0.4, -0.2) is 42.1 Å². The molecule has 136 valence electrons. The fourth-order valence-electron chi connectivity index (χ4n) is 6.03. The Kier molecular flexibility index (Phi) is 2.91. The summed E-state index contributed by atoms with van der Waals surface area (Å²) in [4.78, 5) is 26.1. The Labute approximate surface area is 153 Å². The Morgan fingerprint density at radius 1 is 1.15 bits per heavy atom. The van der Waals surface area contributed by atoms with Crippen LogP contribution in [0.2, 0.25) is 0 Å². The summed E-state index contributed by atoms with van der Waals surface area (Å²) in [6.45, 7) is 2.25. The third-order valence-electron chi connectivity index (χ3n) is 7.48. The first-order valence-electron chi connectivity index (χ1n) is 9.97. The van der Waals surface area contributed by atoms with Gasteiger partial charge >= 0.3 is 6.09 Å². The van der Waals surface area contributed by atoms with Crippen molar-refractivity contribution in [3.63, 3.8) is 0 Å². The summed E-state index contributed by atoms with van der Waals surface area (Å²) in [5.41, 5.74) is 4.34. The lowest BCUT2D eigenvalue weighted by atomic mass is 9.68. The lowest BCUT2D eigenvalue weighted by molar-refractivity contribution is -0.140. The number of ether oxygens (including phenoxy) is 1. The van der Waals surface area contributed by atoms with Gasteiger partial charge in [0.2, 0.25) is 5.91 Å². The molecule has 0 radical (unpaired) electrons. The van der Waals surface area contributed by atoms with Crippen LogP contribution < -0.4 is 5.32 Å². The molecule has 0 bridgehead atoms. The number of amides is 2. The van der Waals surface area contributed by atoms with Crippen LogP contribution in [0.25, 0.3) is 0 Å². The van der Waals surface area contributed by atoms with Gasteiger partial charge in [0.15, 0.2) is 0 Å². The van der Waals surface area contributed by atoms with Gasteiger partial charge in [0, 0.05) is 19.0 Å². The highest BCUT2D eigenvalue weighted by Crippen LogP contribution is 2.59. The summed E-state index contributed by atoms with van der Waals surface area (Å²) in [5, 5.41) is 2.88. The minimum absolute atomic E-state index is 0.0629. The van der Waals surface area contributed by atoms with E-state index in [4.69, 9.17) is 4.74 Å². The molecule has 4 fully saturated rings. The minimum atomic E-state index is -0.337. The smallest absolute Gasteiger partial charge is 0.407 e. The summed E-state index contributed by atoms with van der Waals surface area (Å²) in [5.74, 6) is 2.33. The van der Waals surface area contributed by atoms with E-state index in [0.717, 1.165) is 25.9 Å². The van der Waals surface area contributed by atoms with Gasteiger partial charge in [-0.1, -0.05) is 18.2 Å². The van der Waals surface area contributed by atoms with Crippen LogP contribution in [0.3, 0.4) is 0 Å². The van der Waals surface area contributed by atoms with Crippen LogP contribution in [0.1, 0.15) is 41.9 Å². The van der Waals surface area contributed by atoms with E-state index in [1.165, 1.54) is 24.8 Å². The van der Waals surface area contributed by atoms with Gasteiger partial charge in [-0.2, -0.15) is 0 Å². The van der Waals surface area contributed by atoms with Crippen molar-refractivity contribution < 1.29 is 14.3 Å². The molecule has 2 heterocycles. The molecule has 1 spiro atoms. The molecule has 1 aromatic carbocycles. The quantitative estimate of drug-likeness (QED) is 0.888. The molecular formula is C21H24N2O3. The Balaban J connectivity index is 1.07. The molecule has 1 aromatic rings. The number of carbonyl (C=O) groups is 2. The van der Waals surface area contributed by atoms with Gasteiger partial charge in [-0.05, 0) is 66.5 Å². The third-order valence-corrected chi connectivity index (χ3v) is 7.48. The number of hydrogen-bond acceptors (Lipinski definition) is 3. The first-order chi connectivity index (χ1) is 12.6. The molecule has 2 aliphatic heterocycles. The second-order valence-electron chi connectivity index (χ2n) is 9.07. The summed E-state index contributed by atoms with van der Waals surface area (Å²) in [6.07, 6.45) is 4.90. The van der Waals surface area contributed by atoms with Gasteiger partial charge < -0.3 is 15.0 Å². The van der Waals surface area contributed by atoms with Crippen LogP contribution >= 0.6 is 0 Å². The van der Waals surface area contributed by atoms with E-state index in [2.05, 4.69) is 28.4 Å². The van der Waals surface area contributed by atoms with E-state index >= 15 is 0 Å². The van der Waals surface area contributed by atoms with E-state index in [1.54, 1.807) is 11.1 Å². The SMILES string of the molecule is O=C1NC2(CO1)CC(C(=O)N1C[C@@H]3C(c4ccc5c(c4)CCC5)[C@@H]3C1)C2. The number of fused-ring (bicyclic) bond motifs is 2. The van der Waals surface area contributed by atoms with Crippen molar-refractivity contribution in [2.45, 2.75) is 43.6 Å². The first-order valence-corrected chi connectivity index (χ1v) is 9.97. The number of piperidine rings is 1. The van der Waals surface area contributed by atoms with Crippen molar-refractivity contribution in [2.75, 3.05) is 19.7 Å². The molecule has 26 heavy (non-hydrogen) atoms. The number of nitrogens with one attached hydrogen (secondary N) is 1. The molecule has 1 N–H and O–H groups in total. The van der Waals surface area contributed by atoms with Crippen molar-refractivity contribution in [3.8, 4) is 0 Å². The predicted molar refractivity (Wildman–Crippen MR) is 94.7 cm³/mol. The average Bonchev–Trinajstić information content (AvgIpc) is 3.06. The molecule has 2 saturated carbocycles. The Bertz CT molecular complexity index is 801. The first kappa shape index (κ1) is 15.1. The zero-order chi connectivity index (χ0) is 17.5. The number of nitrogens with zero attached hydrogens (tertiary/aromatic N) is 1. The highest BCUT2D eigenvalue weighted by molar-refractivity contribution is 5.82. The number of rotatable bonds is 2. The normalized spacial score (nSPS) is 39.2. The second kappa shape index (κ2) is 5.02. The van der Waals surface area contributed by atoms with Crippen LogP contribution in [0.5, 0.6) is 0 Å². The lowest BCUT2D eigenvalue weighted by Gasteiger charge is -2.43. The van der Waals surface area contributed by atoms with Gasteiger partial charge in [0.25, 0.3) is 0 Å². The monoisotopic (exact) mass is 352 g/mol. The van der Waals surface area contributed by atoms with E-state index in [0.29, 0.717) is 24.4 Å². The fourth-order valence-corrected chi connectivity index (χ4v) is 6.03. The van der Waals surface area contributed by atoms with Gasteiger partial charge in [0.1, 0.15) is 6.61 Å². The summed E-state index contributed by atoms with van der Waals surface area (Å²) >= 11 is 0. The van der Waals surface area contributed by atoms with E-state index in [1.807, 2.05) is 0 Å². The molecule has 5 nitrogen and oxygen atoms in total. The largest absolute Gasteiger partial charge is 0.447 e. The number of likely N-dealkylation sites (tertiary alicyclic amines) is 1. The molecule has 0 aromatic heterocycles. The molecule has 1 unspecified atom stereocenters. The van der Waals surface area contributed by atoms with Crippen LogP contribution in [0, 0.1) is 17.8 Å². The molecule has 2 saturated heterocycles. The maximum Gasteiger partial charge on any atom is 0.407 e. The van der Waals surface area contributed by atoms with E-state index < -0.39 is 0 Å². The number of hydrogen-bond donors (Lipinski definition) is 1. The lowest BCUT2D eigenvalue weighted by Crippen LogP contribution is -2.58. The average molecular weight is 352 g/mol. The molecule has 5 aliphatic rings. The zero-order valence-electron chi connectivity index (χ0n) is 14.9. The summed E-state index contributed by atoms with van der Waals surface area (Å²) in [6, 6.07) is 7.11. The summed E-state index contributed by atoms with van der Waals surface area (Å²) < 4.78 is 5.01. The van der Waals surface area contributed by atoms with Crippen molar-refractivity contribution in [2.24, 2.45) is 17.8 Å². The number of benzene rings is 1. The van der Waals surface area contributed by atoms with Crippen molar-refractivity contribution in [1.82, 2.24) is 10.2 Å². The Morgan fingerprint density at radius 2 is 1.92 bits per heavy atom. The van der Waals surface area contributed by atoms with E-state index in [9.17, 15) is 9.59 Å². The minimum Gasteiger partial charge on any atom is -0.447 e. The molecule has 2 amide bonds. The highest BCUT2D eigenvalue weighted by atomic mass is 16.6. The maximum absolute atomic E-state index is 12.8. The number of carbonyl (C=O) groups excluding carboxylic acids is 2. The molecule has 3 atom stereocenters. The Morgan fingerprint density at radius 3 is 2.65 bits per heavy atom. The van der Waals surface area contributed by atoms with Crippen LogP contribution in [0.4, 0.5) is 4.79 Å². The van der Waals surface area contributed by atoms with Crippen molar-refractivity contribution in [3.05, 3.63) is 34.9 Å². The molecule has 5 heteroatoms.